The summed E-state index contributed by atoms with van der Waals surface area (Å²) >= 11 is 3.48. The first-order valence-corrected chi connectivity index (χ1v) is 6.31. The second kappa shape index (κ2) is 5.28. The number of hydrogen-bond donors (Lipinski definition) is 0. The van der Waals surface area contributed by atoms with Crippen LogP contribution in [0.1, 0.15) is 19.4 Å². The third kappa shape index (κ3) is 3.27. The number of rotatable bonds is 2. The van der Waals surface area contributed by atoms with E-state index >= 15 is 0 Å². The third-order valence-electron chi connectivity index (χ3n) is 2.36. The minimum Gasteiger partial charge on any atom is -0.256 e. The van der Waals surface area contributed by atoms with Gasteiger partial charge >= 0.3 is 0 Å². The number of hydrogen-bond acceptors (Lipinski definition) is 1. The average molecular weight is 288 g/mol. The van der Waals surface area contributed by atoms with Crippen molar-refractivity contribution in [3.63, 3.8) is 0 Å². The second-order valence-corrected chi connectivity index (χ2v) is 5.12. The fourth-order valence-corrected chi connectivity index (χ4v) is 2.07. The van der Waals surface area contributed by atoms with Crippen LogP contribution in [0.25, 0.3) is 17.3 Å². The van der Waals surface area contributed by atoms with E-state index in [9.17, 15) is 0 Å². The van der Waals surface area contributed by atoms with Crippen molar-refractivity contribution in [3.05, 3.63) is 58.2 Å². The predicted molar refractivity (Wildman–Crippen MR) is 76.7 cm³/mol. The smallest absolute Gasteiger partial charge is 0.0708 e. The van der Waals surface area contributed by atoms with Crippen molar-refractivity contribution in [2.24, 2.45) is 0 Å². The van der Waals surface area contributed by atoms with Crippen LogP contribution in [0.15, 0.2) is 52.6 Å². The van der Waals surface area contributed by atoms with Crippen LogP contribution in [0.3, 0.4) is 0 Å². The quantitative estimate of drug-likeness (QED) is 0.763. The molecule has 0 N–H and O–H groups in total. The lowest BCUT2D eigenvalue weighted by Gasteiger charge is -2.03. The van der Waals surface area contributed by atoms with Crippen LogP contribution in [-0.4, -0.2) is 4.98 Å². The molecule has 0 fully saturated rings. The Morgan fingerprint density at radius 2 is 2.00 bits per heavy atom. The van der Waals surface area contributed by atoms with E-state index in [1.807, 2.05) is 24.4 Å². The minimum absolute atomic E-state index is 1.00. The maximum atomic E-state index is 4.41. The molecule has 0 atom stereocenters. The molecule has 1 aromatic heterocycles. The highest BCUT2D eigenvalue weighted by Crippen LogP contribution is 2.22. The lowest BCUT2D eigenvalue weighted by molar-refractivity contribution is 1.31. The molecule has 1 heterocycles. The summed E-state index contributed by atoms with van der Waals surface area (Å²) in [4.78, 5) is 4.41. The van der Waals surface area contributed by atoms with Crippen LogP contribution in [0.2, 0.25) is 0 Å². The summed E-state index contributed by atoms with van der Waals surface area (Å²) in [5.41, 5.74) is 4.61. The maximum absolute atomic E-state index is 4.41. The van der Waals surface area contributed by atoms with Gasteiger partial charge in [-0.15, -0.1) is 0 Å². The maximum Gasteiger partial charge on any atom is 0.0708 e. The fourth-order valence-electron chi connectivity index (χ4n) is 1.68. The van der Waals surface area contributed by atoms with Gasteiger partial charge in [-0.2, -0.15) is 0 Å². The molecule has 0 radical (unpaired) electrons. The van der Waals surface area contributed by atoms with Gasteiger partial charge in [0.25, 0.3) is 0 Å². The molecule has 2 aromatic rings. The van der Waals surface area contributed by atoms with Gasteiger partial charge in [-0.25, -0.2) is 0 Å². The molecule has 0 aliphatic carbocycles. The molecule has 0 aliphatic rings. The van der Waals surface area contributed by atoms with E-state index in [1.165, 1.54) is 11.1 Å². The van der Waals surface area contributed by atoms with Crippen LogP contribution >= 0.6 is 15.9 Å². The van der Waals surface area contributed by atoms with Crippen LogP contribution in [-0.2, 0) is 0 Å². The molecule has 0 saturated carbocycles. The Labute approximate surface area is 110 Å². The molecule has 86 valence electrons. The summed E-state index contributed by atoms with van der Waals surface area (Å²) in [6.45, 7) is 4.19. The zero-order chi connectivity index (χ0) is 12.3. The Morgan fingerprint density at radius 1 is 1.18 bits per heavy atom. The van der Waals surface area contributed by atoms with Gasteiger partial charge in [0.15, 0.2) is 0 Å². The molecule has 0 amide bonds. The standard InChI is InChI=1S/C15H14BrN/c1-11(2)8-12-6-7-17-15(9-12)13-4-3-5-14(16)10-13/h3-10H,1-2H3. The summed E-state index contributed by atoms with van der Waals surface area (Å²) in [6.07, 6.45) is 4.01. The number of aromatic nitrogens is 1. The fraction of sp³-hybridized carbons (Fsp3) is 0.133. The first-order chi connectivity index (χ1) is 8.15. The summed E-state index contributed by atoms with van der Waals surface area (Å²) in [5, 5.41) is 0. The van der Waals surface area contributed by atoms with Crippen molar-refractivity contribution in [1.82, 2.24) is 4.98 Å². The van der Waals surface area contributed by atoms with Crippen LogP contribution < -0.4 is 0 Å². The minimum atomic E-state index is 1.00. The first kappa shape index (κ1) is 12.1. The highest BCUT2D eigenvalue weighted by Gasteiger charge is 2.00. The molecule has 1 nitrogen and oxygen atoms in total. The topological polar surface area (TPSA) is 12.9 Å². The molecule has 0 bridgehead atoms. The molecule has 0 saturated heterocycles. The van der Waals surface area contributed by atoms with Gasteiger partial charge < -0.3 is 0 Å². The van der Waals surface area contributed by atoms with Crippen LogP contribution in [0.5, 0.6) is 0 Å². The van der Waals surface area contributed by atoms with Gasteiger partial charge in [0.2, 0.25) is 0 Å². The molecule has 2 rings (SSSR count). The van der Waals surface area contributed by atoms with Gasteiger partial charge in [-0.05, 0) is 43.7 Å². The summed E-state index contributed by atoms with van der Waals surface area (Å²) in [5.74, 6) is 0. The average Bonchev–Trinajstić information content (AvgIpc) is 2.28. The van der Waals surface area contributed by atoms with Crippen molar-refractivity contribution < 1.29 is 0 Å². The Bertz CT molecular complexity index is 554. The van der Waals surface area contributed by atoms with E-state index in [2.05, 4.69) is 59.0 Å². The van der Waals surface area contributed by atoms with E-state index in [1.54, 1.807) is 0 Å². The van der Waals surface area contributed by atoms with Crippen molar-refractivity contribution in [2.45, 2.75) is 13.8 Å². The lowest BCUT2D eigenvalue weighted by Crippen LogP contribution is -1.84. The van der Waals surface area contributed by atoms with Crippen LogP contribution in [0, 0.1) is 0 Å². The normalized spacial score (nSPS) is 10.1. The first-order valence-electron chi connectivity index (χ1n) is 5.52. The van der Waals surface area contributed by atoms with E-state index in [0.29, 0.717) is 0 Å². The predicted octanol–water partition coefficient (Wildman–Crippen LogP) is 4.93. The monoisotopic (exact) mass is 287 g/mol. The summed E-state index contributed by atoms with van der Waals surface area (Å²) < 4.78 is 1.07. The van der Waals surface area contributed by atoms with Crippen LogP contribution in [0.4, 0.5) is 0 Å². The highest BCUT2D eigenvalue weighted by molar-refractivity contribution is 9.10. The Hall–Kier alpha value is -1.41. The van der Waals surface area contributed by atoms with Gasteiger partial charge in [0.05, 0.1) is 5.69 Å². The van der Waals surface area contributed by atoms with Gasteiger partial charge in [0.1, 0.15) is 0 Å². The zero-order valence-electron chi connectivity index (χ0n) is 9.94. The van der Waals surface area contributed by atoms with Crippen molar-refractivity contribution in [3.8, 4) is 11.3 Å². The molecule has 1 aromatic carbocycles. The number of pyridine rings is 1. The Morgan fingerprint density at radius 3 is 2.71 bits per heavy atom. The number of allylic oxidation sites excluding steroid dienone is 1. The van der Waals surface area contributed by atoms with Crippen molar-refractivity contribution in [1.29, 1.82) is 0 Å². The number of benzene rings is 1. The number of halogens is 1. The van der Waals surface area contributed by atoms with E-state index in [4.69, 9.17) is 0 Å². The zero-order valence-corrected chi connectivity index (χ0v) is 11.5. The van der Waals surface area contributed by atoms with Gasteiger partial charge in [-0.1, -0.05) is 39.7 Å². The van der Waals surface area contributed by atoms with Gasteiger partial charge in [-0.3, -0.25) is 4.98 Å². The molecule has 0 unspecified atom stereocenters. The summed E-state index contributed by atoms with van der Waals surface area (Å²) in [7, 11) is 0. The van der Waals surface area contributed by atoms with Gasteiger partial charge in [0, 0.05) is 16.2 Å². The highest BCUT2D eigenvalue weighted by atomic mass is 79.9. The second-order valence-electron chi connectivity index (χ2n) is 4.21. The Kier molecular flexibility index (Phi) is 3.75. The molecular weight excluding hydrogens is 274 g/mol. The molecular formula is C15H14BrN. The number of nitrogens with zero attached hydrogens (tertiary/aromatic N) is 1. The van der Waals surface area contributed by atoms with E-state index < -0.39 is 0 Å². The lowest BCUT2D eigenvalue weighted by atomic mass is 10.1. The van der Waals surface area contributed by atoms with Crippen molar-refractivity contribution >= 4 is 22.0 Å². The van der Waals surface area contributed by atoms with Crippen molar-refractivity contribution in [2.75, 3.05) is 0 Å². The third-order valence-corrected chi connectivity index (χ3v) is 2.85. The largest absolute Gasteiger partial charge is 0.256 e. The molecule has 0 aliphatic heterocycles. The molecule has 2 heteroatoms. The van der Waals surface area contributed by atoms with E-state index in [0.717, 1.165) is 15.7 Å². The SMILES string of the molecule is CC(C)=Cc1ccnc(-c2cccc(Br)c2)c1. The molecule has 17 heavy (non-hydrogen) atoms. The van der Waals surface area contributed by atoms with E-state index in [-0.39, 0.29) is 0 Å². The summed E-state index contributed by atoms with van der Waals surface area (Å²) in [6, 6.07) is 12.3. The Balaban J connectivity index is 2.43. The molecule has 0 spiro atoms.